The van der Waals surface area contributed by atoms with Crippen LogP contribution in [-0.4, -0.2) is 66.9 Å². The normalized spacial score (nSPS) is 14.8. The van der Waals surface area contributed by atoms with E-state index >= 15 is 0 Å². The smallest absolute Gasteiger partial charge is 0.234 e. The second kappa shape index (κ2) is 14.8. The lowest BCUT2D eigenvalue weighted by Crippen LogP contribution is -2.51. The fourth-order valence-corrected chi connectivity index (χ4v) is 2.66. The van der Waals surface area contributed by atoms with Gasteiger partial charge in [-0.15, -0.1) is 24.8 Å². The van der Waals surface area contributed by atoms with Crippen molar-refractivity contribution in [1.82, 2.24) is 15.1 Å². The average molecular weight is 385 g/mol. The maximum atomic E-state index is 12.1. The number of halogens is 2. The first-order valence-corrected chi connectivity index (χ1v) is 8.52. The first-order chi connectivity index (χ1) is 10.5. The topological polar surface area (TPSA) is 78.7 Å². The van der Waals surface area contributed by atoms with Gasteiger partial charge in [-0.2, -0.15) is 0 Å². The molecule has 0 aromatic rings. The number of hydrogen-bond donors (Lipinski definition) is 2. The second-order valence-electron chi connectivity index (χ2n) is 6.33. The van der Waals surface area contributed by atoms with Crippen LogP contribution < -0.4 is 11.1 Å². The molecule has 0 aliphatic carbocycles. The lowest BCUT2D eigenvalue weighted by molar-refractivity contribution is -0.133. The SMILES string of the molecule is CC(C)NC(=O)CN1CCN(C(=O)CCCCCCN)CC1.Cl.Cl. The van der Waals surface area contributed by atoms with Gasteiger partial charge in [0, 0.05) is 38.6 Å². The van der Waals surface area contributed by atoms with Crippen molar-refractivity contribution in [2.24, 2.45) is 5.73 Å². The number of nitrogens with zero attached hydrogens (tertiary/aromatic N) is 2. The highest BCUT2D eigenvalue weighted by Crippen LogP contribution is 2.08. The Labute approximate surface area is 158 Å². The van der Waals surface area contributed by atoms with E-state index < -0.39 is 0 Å². The maximum Gasteiger partial charge on any atom is 0.234 e. The summed E-state index contributed by atoms with van der Waals surface area (Å²) in [5, 5.41) is 2.90. The molecule has 1 aliphatic rings. The molecule has 1 saturated heterocycles. The molecule has 1 heterocycles. The van der Waals surface area contributed by atoms with Crippen LogP contribution in [0.15, 0.2) is 0 Å². The highest BCUT2D eigenvalue weighted by atomic mass is 35.5. The Hall–Kier alpha value is -0.560. The summed E-state index contributed by atoms with van der Waals surface area (Å²) in [6, 6.07) is 0.176. The molecule has 1 aliphatic heterocycles. The predicted molar refractivity (Wildman–Crippen MR) is 103 cm³/mol. The van der Waals surface area contributed by atoms with Gasteiger partial charge in [0.25, 0.3) is 0 Å². The van der Waals surface area contributed by atoms with Crippen LogP contribution in [-0.2, 0) is 9.59 Å². The van der Waals surface area contributed by atoms with E-state index in [1.165, 1.54) is 0 Å². The number of carbonyl (C=O) groups excluding carboxylic acids is 2. The highest BCUT2D eigenvalue weighted by molar-refractivity contribution is 5.85. The number of amides is 2. The van der Waals surface area contributed by atoms with Gasteiger partial charge in [0.05, 0.1) is 6.54 Å². The largest absolute Gasteiger partial charge is 0.353 e. The molecule has 0 aromatic heterocycles. The molecular formula is C16H34Cl2N4O2. The Kier molecular flexibility index (Phi) is 15.8. The molecule has 1 rings (SSSR count). The van der Waals surface area contributed by atoms with Crippen LogP contribution in [0.2, 0.25) is 0 Å². The minimum atomic E-state index is 0. The van der Waals surface area contributed by atoms with E-state index in [1.54, 1.807) is 0 Å². The van der Waals surface area contributed by atoms with Gasteiger partial charge in [-0.05, 0) is 33.2 Å². The summed E-state index contributed by atoms with van der Waals surface area (Å²) in [7, 11) is 0. The van der Waals surface area contributed by atoms with Crippen LogP contribution in [0.5, 0.6) is 0 Å². The van der Waals surface area contributed by atoms with Crippen molar-refractivity contribution in [3.63, 3.8) is 0 Å². The molecule has 0 aromatic carbocycles. The lowest BCUT2D eigenvalue weighted by atomic mass is 10.1. The summed E-state index contributed by atoms with van der Waals surface area (Å²) in [5.41, 5.74) is 5.45. The van der Waals surface area contributed by atoms with E-state index in [2.05, 4.69) is 10.2 Å². The summed E-state index contributed by atoms with van der Waals surface area (Å²) in [6.45, 7) is 8.12. The Balaban J connectivity index is 0. The molecule has 3 N–H and O–H groups in total. The Bertz CT molecular complexity index is 349. The molecule has 24 heavy (non-hydrogen) atoms. The summed E-state index contributed by atoms with van der Waals surface area (Å²) in [5.74, 6) is 0.314. The second-order valence-corrected chi connectivity index (χ2v) is 6.33. The summed E-state index contributed by atoms with van der Waals surface area (Å²) >= 11 is 0. The van der Waals surface area contributed by atoms with Crippen LogP contribution in [0, 0.1) is 0 Å². The molecule has 2 amide bonds. The van der Waals surface area contributed by atoms with E-state index in [9.17, 15) is 9.59 Å². The molecular weight excluding hydrogens is 351 g/mol. The monoisotopic (exact) mass is 384 g/mol. The fourth-order valence-electron chi connectivity index (χ4n) is 2.66. The van der Waals surface area contributed by atoms with Crippen LogP contribution in [0.1, 0.15) is 46.0 Å². The lowest BCUT2D eigenvalue weighted by Gasteiger charge is -2.34. The number of hydrogen-bond acceptors (Lipinski definition) is 4. The predicted octanol–water partition coefficient (Wildman–Crippen LogP) is 1.41. The summed E-state index contributed by atoms with van der Waals surface area (Å²) in [4.78, 5) is 27.9. The molecule has 0 unspecified atom stereocenters. The number of nitrogens with two attached hydrogens (primary N) is 1. The minimum Gasteiger partial charge on any atom is -0.353 e. The zero-order valence-electron chi connectivity index (χ0n) is 15.0. The molecule has 8 heteroatoms. The molecule has 0 bridgehead atoms. The Morgan fingerprint density at radius 2 is 1.58 bits per heavy atom. The third-order valence-electron chi connectivity index (χ3n) is 3.89. The zero-order valence-corrected chi connectivity index (χ0v) is 16.6. The van der Waals surface area contributed by atoms with Crippen molar-refractivity contribution in [2.75, 3.05) is 39.3 Å². The molecule has 0 spiro atoms. The van der Waals surface area contributed by atoms with Gasteiger partial charge in [-0.25, -0.2) is 0 Å². The van der Waals surface area contributed by atoms with Crippen molar-refractivity contribution < 1.29 is 9.59 Å². The number of nitrogens with one attached hydrogen (secondary N) is 1. The van der Waals surface area contributed by atoms with Crippen LogP contribution in [0.25, 0.3) is 0 Å². The minimum absolute atomic E-state index is 0. The van der Waals surface area contributed by atoms with E-state index in [0.717, 1.165) is 58.4 Å². The molecule has 0 radical (unpaired) electrons. The number of piperazine rings is 1. The van der Waals surface area contributed by atoms with Gasteiger partial charge in [0.1, 0.15) is 0 Å². The van der Waals surface area contributed by atoms with Crippen LogP contribution in [0.3, 0.4) is 0 Å². The van der Waals surface area contributed by atoms with E-state index in [1.807, 2.05) is 18.7 Å². The van der Waals surface area contributed by atoms with Gasteiger partial charge in [0.15, 0.2) is 0 Å². The van der Waals surface area contributed by atoms with Crippen LogP contribution >= 0.6 is 24.8 Å². The maximum absolute atomic E-state index is 12.1. The summed E-state index contributed by atoms with van der Waals surface area (Å²) in [6.07, 6.45) is 4.83. The van der Waals surface area contributed by atoms with E-state index in [0.29, 0.717) is 13.0 Å². The van der Waals surface area contributed by atoms with Crippen LogP contribution in [0.4, 0.5) is 0 Å². The fraction of sp³-hybridized carbons (Fsp3) is 0.875. The van der Waals surface area contributed by atoms with Gasteiger partial charge < -0.3 is 16.0 Å². The Morgan fingerprint density at radius 1 is 1.00 bits per heavy atom. The van der Waals surface area contributed by atoms with Gasteiger partial charge in [-0.1, -0.05) is 12.8 Å². The van der Waals surface area contributed by atoms with Crippen molar-refractivity contribution in [3.8, 4) is 0 Å². The average Bonchev–Trinajstić information content (AvgIpc) is 2.46. The third-order valence-corrected chi connectivity index (χ3v) is 3.89. The van der Waals surface area contributed by atoms with Crippen molar-refractivity contribution in [2.45, 2.75) is 52.0 Å². The number of carbonyl (C=O) groups is 2. The molecule has 0 saturated carbocycles. The number of rotatable bonds is 9. The van der Waals surface area contributed by atoms with Gasteiger partial charge in [-0.3, -0.25) is 14.5 Å². The molecule has 0 atom stereocenters. The first kappa shape index (κ1) is 25.7. The highest BCUT2D eigenvalue weighted by Gasteiger charge is 2.22. The van der Waals surface area contributed by atoms with E-state index in [-0.39, 0.29) is 42.7 Å². The number of unbranched alkanes of at least 4 members (excludes halogenated alkanes) is 3. The zero-order chi connectivity index (χ0) is 16.4. The quantitative estimate of drug-likeness (QED) is 0.589. The van der Waals surface area contributed by atoms with Crippen molar-refractivity contribution >= 4 is 36.6 Å². The van der Waals surface area contributed by atoms with E-state index in [4.69, 9.17) is 5.73 Å². The molecule has 6 nitrogen and oxygen atoms in total. The Morgan fingerprint density at radius 3 is 2.12 bits per heavy atom. The van der Waals surface area contributed by atoms with Gasteiger partial charge >= 0.3 is 0 Å². The van der Waals surface area contributed by atoms with Gasteiger partial charge in [0.2, 0.25) is 11.8 Å². The molecule has 1 fully saturated rings. The molecule has 144 valence electrons. The summed E-state index contributed by atoms with van der Waals surface area (Å²) < 4.78 is 0. The first-order valence-electron chi connectivity index (χ1n) is 8.52. The van der Waals surface area contributed by atoms with Crippen molar-refractivity contribution in [3.05, 3.63) is 0 Å². The standard InChI is InChI=1S/C16H32N4O2.2ClH/c1-14(2)18-15(21)13-19-9-11-20(12-10-19)16(22)7-5-3-4-6-8-17;;/h14H,3-13,17H2,1-2H3,(H,18,21);2*1H. The van der Waals surface area contributed by atoms with Crippen molar-refractivity contribution in [1.29, 1.82) is 0 Å². The third kappa shape index (κ3) is 11.1.